The van der Waals surface area contributed by atoms with Crippen LogP contribution in [0.15, 0.2) is 39.7 Å². The molecule has 0 radical (unpaired) electrons. The van der Waals surface area contributed by atoms with E-state index in [0.29, 0.717) is 21.0 Å². The molecular weight excluding hydrogens is 328 g/mol. The molecule has 0 saturated carbocycles. The number of hydrogen-bond acceptors (Lipinski definition) is 3. The summed E-state index contributed by atoms with van der Waals surface area (Å²) in [6.07, 6.45) is 0. The number of rotatable bonds is 2. The van der Waals surface area contributed by atoms with E-state index in [0.717, 1.165) is 0 Å². The fourth-order valence-corrected chi connectivity index (χ4v) is 3.53. The van der Waals surface area contributed by atoms with Crippen molar-refractivity contribution in [2.75, 3.05) is 7.11 Å². The number of methoxy groups -OCH3 is 1. The lowest BCUT2D eigenvalue weighted by Crippen LogP contribution is -1.95. The van der Waals surface area contributed by atoms with Crippen molar-refractivity contribution in [1.82, 2.24) is 0 Å². The van der Waals surface area contributed by atoms with Crippen LogP contribution >= 0.6 is 26.6 Å². The highest BCUT2D eigenvalue weighted by Crippen LogP contribution is 2.38. The topological polar surface area (TPSA) is 43.4 Å². The average molecular weight is 336 g/mol. The van der Waals surface area contributed by atoms with Crippen LogP contribution in [0.2, 0.25) is 0 Å². The summed E-state index contributed by atoms with van der Waals surface area (Å²) in [5.41, 5.74) is 0. The Morgan fingerprint density at radius 2 is 1.82 bits per heavy atom. The van der Waals surface area contributed by atoms with Gasteiger partial charge in [-0.25, -0.2) is 8.42 Å². The smallest absolute Gasteiger partial charge is 0.261 e. The number of hydrogen-bond donors (Lipinski definition) is 0. The molecule has 0 spiro atoms. The molecule has 0 fully saturated rings. The van der Waals surface area contributed by atoms with Gasteiger partial charge in [-0.05, 0) is 22.0 Å². The van der Waals surface area contributed by atoms with Gasteiger partial charge in [0.05, 0.1) is 16.5 Å². The molecule has 2 aromatic rings. The minimum absolute atomic E-state index is 0.0717. The fourth-order valence-electron chi connectivity index (χ4n) is 1.69. The van der Waals surface area contributed by atoms with E-state index < -0.39 is 9.05 Å². The number of halogens is 2. The Kier molecular flexibility index (Phi) is 3.34. The zero-order valence-electron chi connectivity index (χ0n) is 8.78. The maximum absolute atomic E-state index is 11.5. The van der Waals surface area contributed by atoms with Crippen LogP contribution in [-0.4, -0.2) is 15.5 Å². The van der Waals surface area contributed by atoms with Crippen molar-refractivity contribution < 1.29 is 13.2 Å². The van der Waals surface area contributed by atoms with Crippen molar-refractivity contribution in [3.8, 4) is 5.75 Å². The van der Waals surface area contributed by atoms with E-state index in [4.69, 9.17) is 15.4 Å². The summed E-state index contributed by atoms with van der Waals surface area (Å²) >= 11 is 3.27. The van der Waals surface area contributed by atoms with Crippen LogP contribution in [-0.2, 0) is 9.05 Å². The molecule has 0 bridgehead atoms. The lowest BCUT2D eigenvalue weighted by atomic mass is 10.1. The highest BCUT2D eigenvalue weighted by Gasteiger charge is 2.18. The molecular formula is C11H8BrClO3S. The molecule has 2 rings (SSSR count). The van der Waals surface area contributed by atoms with Crippen molar-refractivity contribution in [3.05, 3.63) is 34.8 Å². The van der Waals surface area contributed by atoms with Gasteiger partial charge in [0.2, 0.25) is 0 Å². The summed E-state index contributed by atoms with van der Waals surface area (Å²) in [5, 5.41) is 1.24. The molecule has 0 unspecified atom stereocenters. The van der Waals surface area contributed by atoms with Gasteiger partial charge in [-0.3, -0.25) is 0 Å². The van der Waals surface area contributed by atoms with Gasteiger partial charge in [0.25, 0.3) is 9.05 Å². The van der Waals surface area contributed by atoms with Crippen molar-refractivity contribution >= 4 is 46.4 Å². The Hall–Kier alpha value is -0.780. The van der Waals surface area contributed by atoms with E-state index in [9.17, 15) is 8.42 Å². The fraction of sp³-hybridized carbons (Fsp3) is 0.0909. The summed E-state index contributed by atoms with van der Waals surface area (Å²) in [7, 11) is 3.15. The molecule has 0 heterocycles. The molecule has 6 heteroatoms. The van der Waals surface area contributed by atoms with Crippen LogP contribution in [0, 0.1) is 0 Å². The highest BCUT2D eigenvalue weighted by atomic mass is 79.9. The Labute approximate surface area is 112 Å². The Balaban J connectivity index is 2.99. The Morgan fingerprint density at radius 1 is 1.24 bits per heavy atom. The van der Waals surface area contributed by atoms with E-state index in [1.54, 1.807) is 18.2 Å². The maximum atomic E-state index is 11.5. The van der Waals surface area contributed by atoms with Crippen molar-refractivity contribution in [3.63, 3.8) is 0 Å². The largest absolute Gasteiger partial charge is 0.495 e. The third-order valence-electron chi connectivity index (χ3n) is 2.38. The minimum Gasteiger partial charge on any atom is -0.495 e. The molecule has 90 valence electrons. The predicted molar refractivity (Wildman–Crippen MR) is 71.2 cm³/mol. The quantitative estimate of drug-likeness (QED) is 0.788. The van der Waals surface area contributed by atoms with Crippen molar-refractivity contribution in [1.29, 1.82) is 0 Å². The van der Waals surface area contributed by atoms with Crippen LogP contribution in [0.5, 0.6) is 5.75 Å². The van der Waals surface area contributed by atoms with E-state index in [2.05, 4.69) is 15.9 Å². The summed E-state index contributed by atoms with van der Waals surface area (Å²) in [5.74, 6) is 0.588. The number of fused-ring (bicyclic) bond motifs is 1. The molecule has 0 saturated heterocycles. The van der Waals surface area contributed by atoms with E-state index in [-0.39, 0.29) is 4.90 Å². The van der Waals surface area contributed by atoms with Gasteiger partial charge in [-0.15, -0.1) is 0 Å². The molecule has 0 aromatic heterocycles. The average Bonchev–Trinajstić information content (AvgIpc) is 2.27. The highest BCUT2D eigenvalue weighted by molar-refractivity contribution is 9.10. The first-order chi connectivity index (χ1) is 7.95. The summed E-state index contributed by atoms with van der Waals surface area (Å²) in [4.78, 5) is 0.0717. The molecule has 0 aliphatic rings. The van der Waals surface area contributed by atoms with E-state index in [1.165, 1.54) is 13.2 Å². The summed E-state index contributed by atoms with van der Waals surface area (Å²) in [6, 6.07) is 8.48. The maximum Gasteiger partial charge on any atom is 0.261 e. The van der Waals surface area contributed by atoms with Gasteiger partial charge >= 0.3 is 0 Å². The zero-order valence-corrected chi connectivity index (χ0v) is 11.9. The lowest BCUT2D eigenvalue weighted by molar-refractivity contribution is 0.417. The van der Waals surface area contributed by atoms with Crippen LogP contribution < -0.4 is 4.74 Å². The molecule has 0 amide bonds. The third kappa shape index (κ3) is 2.27. The first-order valence-corrected chi connectivity index (χ1v) is 7.75. The van der Waals surface area contributed by atoms with Crippen molar-refractivity contribution in [2.45, 2.75) is 4.90 Å². The van der Waals surface area contributed by atoms with Crippen LogP contribution in [0.1, 0.15) is 0 Å². The van der Waals surface area contributed by atoms with Gasteiger partial charge in [0.15, 0.2) is 0 Å². The second-order valence-corrected chi connectivity index (χ2v) is 6.76. The monoisotopic (exact) mass is 334 g/mol. The van der Waals surface area contributed by atoms with E-state index in [1.807, 2.05) is 6.07 Å². The van der Waals surface area contributed by atoms with E-state index >= 15 is 0 Å². The lowest BCUT2D eigenvalue weighted by Gasteiger charge is -2.10. The van der Waals surface area contributed by atoms with Gasteiger partial charge in [-0.2, -0.15) is 0 Å². The second kappa shape index (κ2) is 4.48. The van der Waals surface area contributed by atoms with Crippen LogP contribution in [0.4, 0.5) is 0 Å². The third-order valence-corrected chi connectivity index (χ3v) is 4.33. The predicted octanol–water partition coefficient (Wildman–Crippen LogP) is 3.54. The molecule has 0 aliphatic heterocycles. The van der Waals surface area contributed by atoms with Gasteiger partial charge in [0, 0.05) is 21.5 Å². The number of benzene rings is 2. The summed E-state index contributed by atoms with van der Waals surface area (Å²) in [6.45, 7) is 0. The minimum atomic E-state index is -3.79. The van der Waals surface area contributed by atoms with Gasteiger partial charge in [0.1, 0.15) is 5.75 Å². The molecule has 0 aliphatic carbocycles. The SMILES string of the molecule is COc1c(Br)cc(S(=O)(=O)Cl)c2ccccc12. The Morgan fingerprint density at radius 3 is 2.35 bits per heavy atom. The zero-order chi connectivity index (χ0) is 12.6. The van der Waals surface area contributed by atoms with Crippen molar-refractivity contribution in [2.24, 2.45) is 0 Å². The molecule has 17 heavy (non-hydrogen) atoms. The first kappa shape index (κ1) is 12.7. The molecule has 0 atom stereocenters. The standard InChI is InChI=1S/C11H8BrClO3S/c1-16-11-8-5-3-2-4-7(8)10(6-9(11)12)17(13,14)15/h2-6H,1H3. The van der Waals surface area contributed by atoms with Crippen LogP contribution in [0.3, 0.4) is 0 Å². The summed E-state index contributed by atoms with van der Waals surface area (Å²) < 4.78 is 28.8. The van der Waals surface area contributed by atoms with Gasteiger partial charge < -0.3 is 4.74 Å². The molecule has 2 aromatic carbocycles. The molecule has 3 nitrogen and oxygen atoms in total. The normalized spacial score (nSPS) is 11.7. The van der Waals surface area contributed by atoms with Crippen LogP contribution in [0.25, 0.3) is 10.8 Å². The first-order valence-electron chi connectivity index (χ1n) is 4.65. The second-order valence-electron chi connectivity index (χ2n) is 3.37. The molecule has 0 N–H and O–H groups in total. The number of ether oxygens (including phenoxy) is 1. The Bertz CT molecular complexity index is 682. The van der Waals surface area contributed by atoms with Gasteiger partial charge in [-0.1, -0.05) is 24.3 Å².